The Morgan fingerprint density at radius 3 is 2.32 bits per heavy atom. The number of carbonyl (C=O) groups is 1. The predicted octanol–water partition coefficient (Wildman–Crippen LogP) is 6.21. The maximum absolute atomic E-state index is 10.1. The minimum atomic E-state index is 0.117. The van der Waals surface area contributed by atoms with Crippen LogP contribution in [-0.4, -0.2) is 25.3 Å². The van der Waals surface area contributed by atoms with Gasteiger partial charge in [0, 0.05) is 17.0 Å². The highest BCUT2D eigenvalue weighted by atomic mass is 32.1. The van der Waals surface area contributed by atoms with Crippen LogP contribution in [0.1, 0.15) is 54.4 Å². The van der Waals surface area contributed by atoms with Gasteiger partial charge in [0.2, 0.25) is 0 Å². The largest absolute Gasteiger partial charge is 0.496 e. The summed E-state index contributed by atoms with van der Waals surface area (Å²) >= 11 is 1.55. The van der Waals surface area contributed by atoms with Gasteiger partial charge in [-0.3, -0.25) is 9.79 Å². The molecule has 0 aliphatic rings. The molecule has 0 bridgehead atoms. The second-order valence-electron chi connectivity index (χ2n) is 6.84. The van der Waals surface area contributed by atoms with Crippen LogP contribution in [0.2, 0.25) is 0 Å². The van der Waals surface area contributed by atoms with E-state index in [4.69, 9.17) is 15.5 Å². The van der Waals surface area contributed by atoms with Gasteiger partial charge in [0.25, 0.3) is 0 Å². The first-order chi connectivity index (χ1) is 14.9. The molecule has 1 atom stereocenters. The Morgan fingerprint density at radius 1 is 1.29 bits per heavy atom. The van der Waals surface area contributed by atoms with Crippen LogP contribution in [0.25, 0.3) is 0 Å². The number of aldehydes is 1. The van der Waals surface area contributed by atoms with Crippen molar-refractivity contribution in [1.82, 2.24) is 0 Å². The van der Waals surface area contributed by atoms with Crippen molar-refractivity contribution < 1.29 is 9.53 Å². The first-order valence-electron chi connectivity index (χ1n) is 9.94. The smallest absolute Gasteiger partial charge is 0.150 e. The van der Waals surface area contributed by atoms with Gasteiger partial charge in [0.15, 0.2) is 0 Å². The molecule has 4 nitrogen and oxygen atoms in total. The van der Waals surface area contributed by atoms with E-state index in [1.807, 2.05) is 48.7 Å². The van der Waals surface area contributed by atoms with Gasteiger partial charge in [0.05, 0.1) is 18.0 Å². The van der Waals surface area contributed by atoms with Crippen LogP contribution in [-0.2, 0) is 0 Å². The summed E-state index contributed by atoms with van der Waals surface area (Å²) in [5, 5.41) is 1.93. The van der Waals surface area contributed by atoms with Crippen molar-refractivity contribution in [3.05, 3.63) is 75.5 Å². The fourth-order valence-corrected chi connectivity index (χ4v) is 3.45. The van der Waals surface area contributed by atoms with Crippen LogP contribution in [0, 0.1) is 19.8 Å². The molecule has 2 aromatic rings. The molecule has 5 heteroatoms. The van der Waals surface area contributed by atoms with E-state index >= 15 is 0 Å². The van der Waals surface area contributed by atoms with E-state index in [-0.39, 0.29) is 6.04 Å². The molecule has 31 heavy (non-hydrogen) atoms. The highest BCUT2D eigenvalue weighted by Gasteiger charge is 2.13. The average Bonchev–Trinajstić information content (AvgIpc) is 3.28. The van der Waals surface area contributed by atoms with Gasteiger partial charge >= 0.3 is 0 Å². The van der Waals surface area contributed by atoms with E-state index in [1.54, 1.807) is 18.4 Å². The molecule has 1 heterocycles. The normalized spacial score (nSPS) is 11.0. The molecule has 0 amide bonds. The Bertz CT molecular complexity index is 886. The van der Waals surface area contributed by atoms with Crippen molar-refractivity contribution in [2.75, 3.05) is 7.11 Å². The number of amidine groups is 1. The van der Waals surface area contributed by atoms with Gasteiger partial charge in [-0.1, -0.05) is 48.4 Å². The lowest BCUT2D eigenvalue weighted by Crippen LogP contribution is -2.18. The second-order valence-corrected chi connectivity index (χ2v) is 7.75. The molecule has 2 rings (SSSR count). The summed E-state index contributed by atoms with van der Waals surface area (Å²) in [4.78, 5) is 15.8. The number of rotatable bonds is 8. The summed E-state index contributed by atoms with van der Waals surface area (Å²) in [7, 11) is 1.65. The van der Waals surface area contributed by atoms with Crippen molar-refractivity contribution in [3.63, 3.8) is 0 Å². The molecule has 0 saturated heterocycles. The minimum Gasteiger partial charge on any atom is -0.496 e. The zero-order chi connectivity index (χ0) is 23.8. The number of methoxy groups -OCH3 is 1. The Labute approximate surface area is 191 Å². The van der Waals surface area contributed by atoms with Gasteiger partial charge < -0.3 is 10.5 Å². The summed E-state index contributed by atoms with van der Waals surface area (Å²) in [6.07, 6.45) is 12.5. The number of thiophene rings is 1. The Hall–Kier alpha value is -3.10. The number of aliphatic imine (C=N–C) groups is 1. The highest BCUT2D eigenvalue weighted by molar-refractivity contribution is 7.12. The van der Waals surface area contributed by atoms with Crippen LogP contribution in [0.3, 0.4) is 0 Å². The van der Waals surface area contributed by atoms with Crippen LogP contribution < -0.4 is 10.5 Å². The molecule has 166 valence electrons. The van der Waals surface area contributed by atoms with Crippen LogP contribution in [0.4, 0.5) is 0 Å². The monoisotopic (exact) mass is 438 g/mol. The third-order valence-corrected chi connectivity index (χ3v) is 5.30. The van der Waals surface area contributed by atoms with Crippen LogP contribution in [0.15, 0.2) is 64.5 Å². The number of aryl methyl sites for hydroxylation is 1. The topological polar surface area (TPSA) is 64.7 Å². The average molecular weight is 439 g/mol. The SMILES string of the molecule is C#C.C=CCC(=C(C)C)C(CC)N=C(N)c1cc(OC)cs1.Cc1ccc(C=O)cc1. The number of nitrogens with zero attached hydrogens (tertiary/aromatic N) is 1. The number of benzene rings is 1. The van der Waals surface area contributed by atoms with Gasteiger partial charge in [-0.2, -0.15) is 0 Å². The number of hydrogen-bond donors (Lipinski definition) is 1. The second kappa shape index (κ2) is 15.7. The van der Waals surface area contributed by atoms with E-state index in [2.05, 4.69) is 40.2 Å². The number of hydrogen-bond acceptors (Lipinski definition) is 4. The lowest BCUT2D eigenvalue weighted by molar-refractivity contribution is 0.112. The zero-order valence-electron chi connectivity index (χ0n) is 19.2. The third-order valence-electron chi connectivity index (χ3n) is 4.37. The number of allylic oxidation sites excluding steroid dienone is 2. The van der Waals surface area contributed by atoms with Crippen molar-refractivity contribution >= 4 is 23.5 Å². The van der Waals surface area contributed by atoms with Gasteiger partial charge in [-0.05, 0) is 39.2 Å². The molecule has 1 unspecified atom stereocenters. The fraction of sp³-hybridized carbons (Fsp3) is 0.308. The first-order valence-corrected chi connectivity index (χ1v) is 10.8. The molecule has 0 fully saturated rings. The van der Waals surface area contributed by atoms with Crippen LogP contribution >= 0.6 is 11.3 Å². The van der Waals surface area contributed by atoms with Crippen molar-refractivity contribution in [3.8, 4) is 18.6 Å². The van der Waals surface area contributed by atoms with Gasteiger partial charge in [-0.25, -0.2) is 0 Å². The number of carbonyl (C=O) groups excluding carboxylic acids is 1. The molecule has 1 aromatic carbocycles. The highest BCUT2D eigenvalue weighted by Crippen LogP contribution is 2.23. The van der Waals surface area contributed by atoms with E-state index in [9.17, 15) is 4.79 Å². The quantitative estimate of drug-likeness (QED) is 0.175. The Balaban J connectivity index is 0.000000679. The molecule has 1 aromatic heterocycles. The van der Waals surface area contributed by atoms with E-state index in [1.165, 1.54) is 16.7 Å². The lowest BCUT2D eigenvalue weighted by Gasteiger charge is -2.16. The van der Waals surface area contributed by atoms with Gasteiger partial charge in [0.1, 0.15) is 17.9 Å². The molecule has 0 spiro atoms. The molecular formula is C26H34N2O2S. The van der Waals surface area contributed by atoms with Crippen molar-refractivity contribution in [1.29, 1.82) is 0 Å². The molecule has 0 saturated carbocycles. The number of ether oxygens (including phenoxy) is 1. The van der Waals surface area contributed by atoms with E-state index in [0.29, 0.717) is 5.84 Å². The third kappa shape index (κ3) is 9.97. The zero-order valence-corrected chi connectivity index (χ0v) is 20.0. The lowest BCUT2D eigenvalue weighted by atomic mass is 9.97. The van der Waals surface area contributed by atoms with E-state index in [0.717, 1.165) is 35.3 Å². The fourth-order valence-electron chi connectivity index (χ4n) is 2.68. The van der Waals surface area contributed by atoms with E-state index < -0.39 is 0 Å². The van der Waals surface area contributed by atoms with Gasteiger partial charge in [-0.15, -0.1) is 30.8 Å². The first kappa shape index (κ1) is 27.9. The molecule has 0 aliphatic carbocycles. The molecular weight excluding hydrogens is 404 g/mol. The number of terminal acetylenes is 1. The number of nitrogens with two attached hydrogens (primary N) is 1. The Morgan fingerprint density at radius 2 is 1.90 bits per heavy atom. The Kier molecular flexibility index (Phi) is 14.1. The molecule has 0 aliphatic heterocycles. The summed E-state index contributed by atoms with van der Waals surface area (Å²) < 4.78 is 5.18. The van der Waals surface area contributed by atoms with Crippen LogP contribution in [0.5, 0.6) is 5.75 Å². The minimum absolute atomic E-state index is 0.117. The predicted molar refractivity (Wildman–Crippen MR) is 135 cm³/mol. The van der Waals surface area contributed by atoms with Crippen molar-refractivity contribution in [2.45, 2.75) is 46.6 Å². The maximum atomic E-state index is 10.1. The summed E-state index contributed by atoms with van der Waals surface area (Å²) in [5.74, 6) is 1.40. The molecule has 0 radical (unpaired) electrons. The van der Waals surface area contributed by atoms with Crippen molar-refractivity contribution in [2.24, 2.45) is 10.7 Å². The summed E-state index contributed by atoms with van der Waals surface area (Å²) in [6.45, 7) is 12.2. The molecule has 2 N–H and O–H groups in total. The summed E-state index contributed by atoms with van der Waals surface area (Å²) in [6, 6.07) is 9.50. The summed E-state index contributed by atoms with van der Waals surface area (Å²) in [5.41, 5.74) is 10.6. The maximum Gasteiger partial charge on any atom is 0.150 e. The standard InChI is InChI=1S/C16H24N2OS.C8H8O.C2H2/c1-6-8-13(11(3)4)14(7-2)18-16(17)15-9-12(19-5)10-20-15;1-7-2-4-8(6-9)5-3-7;1-2/h6,9-10,14H,1,7-8H2,2-5H3,(H2,17,18);2-6H,1H3;1-2H.